The zero-order valence-corrected chi connectivity index (χ0v) is 26.5. The van der Waals surface area contributed by atoms with Crippen molar-refractivity contribution in [2.75, 3.05) is 18.1 Å². The normalized spacial score (nSPS) is 12.1. The molecule has 0 fully saturated rings. The molecule has 0 radical (unpaired) electrons. The smallest absolute Gasteiger partial charge is 0.280 e. The predicted octanol–water partition coefficient (Wildman–Crippen LogP) is 6.98. The number of para-hydroxylation sites is 1. The van der Waals surface area contributed by atoms with E-state index >= 15 is 0 Å². The second kappa shape index (κ2) is 13.6. The van der Waals surface area contributed by atoms with E-state index in [1.54, 1.807) is 24.3 Å². The lowest BCUT2D eigenvalue weighted by atomic mass is 10.2. The number of carbonyl (C=O) groups excluding carboxylic acids is 1. The van der Waals surface area contributed by atoms with Crippen molar-refractivity contribution >= 4 is 59.8 Å². The van der Waals surface area contributed by atoms with Crippen molar-refractivity contribution in [3.05, 3.63) is 99.9 Å². The van der Waals surface area contributed by atoms with Crippen molar-refractivity contribution in [3.8, 4) is 0 Å². The maximum atomic E-state index is 13.9. The number of hydrogen-bond acceptors (Lipinski definition) is 8. The van der Waals surface area contributed by atoms with Gasteiger partial charge in [-0.15, -0.1) is 0 Å². The van der Waals surface area contributed by atoms with Crippen LogP contribution in [-0.4, -0.2) is 42.9 Å². The number of aryl methyl sites for hydroxylation is 1. The second-order valence-corrected chi connectivity index (χ2v) is 13.4. The highest BCUT2D eigenvalue weighted by molar-refractivity contribution is 7.89. The molecule has 2 aromatic heterocycles. The molecule has 0 N–H and O–H groups in total. The van der Waals surface area contributed by atoms with E-state index in [-0.39, 0.29) is 21.5 Å². The highest BCUT2D eigenvalue weighted by Gasteiger charge is 2.26. The van der Waals surface area contributed by atoms with E-state index in [2.05, 4.69) is 10.1 Å². The van der Waals surface area contributed by atoms with Crippen LogP contribution in [0.15, 0.2) is 92.2 Å². The molecular weight excluding hydrogens is 597 g/mol. The van der Waals surface area contributed by atoms with Crippen LogP contribution < -0.4 is 10.4 Å². The molecule has 0 saturated heterocycles. The van der Waals surface area contributed by atoms with E-state index in [4.69, 9.17) is 4.42 Å². The number of hydrazone groups is 1. The van der Waals surface area contributed by atoms with Crippen LogP contribution in [0.3, 0.4) is 0 Å². The Morgan fingerprint density at radius 2 is 1.70 bits per heavy atom. The number of fused-ring (bicyclic) bond motifs is 2. The molecule has 2 heterocycles. The van der Waals surface area contributed by atoms with Crippen LogP contribution >= 0.6 is 11.3 Å². The molecule has 0 saturated carbocycles. The summed E-state index contributed by atoms with van der Waals surface area (Å²) in [6.45, 7) is 6.92. The van der Waals surface area contributed by atoms with Gasteiger partial charge < -0.3 is 4.42 Å². The van der Waals surface area contributed by atoms with E-state index in [1.165, 1.54) is 52.4 Å². The van der Waals surface area contributed by atoms with Crippen molar-refractivity contribution in [1.29, 1.82) is 0 Å². The van der Waals surface area contributed by atoms with Crippen LogP contribution in [0.1, 0.15) is 61.0 Å². The summed E-state index contributed by atoms with van der Waals surface area (Å²) in [5, 5.41) is 6.25. The fraction of sp³-hybridized carbons (Fsp3) is 0.273. The van der Waals surface area contributed by atoms with Gasteiger partial charge in [0.1, 0.15) is 11.8 Å². The van der Waals surface area contributed by atoms with Crippen molar-refractivity contribution in [3.63, 3.8) is 0 Å². The van der Waals surface area contributed by atoms with E-state index in [1.807, 2.05) is 39.0 Å². The number of sulfonamides is 1. The molecule has 5 rings (SSSR count). The first-order valence-electron chi connectivity index (χ1n) is 14.6. The van der Waals surface area contributed by atoms with Crippen LogP contribution in [0.2, 0.25) is 0 Å². The Hall–Kier alpha value is -4.19. The van der Waals surface area contributed by atoms with E-state index in [0.717, 1.165) is 41.0 Å². The Balaban J connectivity index is 1.50. The molecule has 9 nitrogen and oxygen atoms in total. The molecule has 0 atom stereocenters. The van der Waals surface area contributed by atoms with Crippen molar-refractivity contribution in [2.45, 2.75) is 51.3 Å². The number of unbranched alkanes of at least 4 members (excludes halogenated alkanes) is 2. The van der Waals surface area contributed by atoms with E-state index in [0.29, 0.717) is 34.7 Å². The average molecular weight is 631 g/mol. The number of hydrogen-bond donors (Lipinski definition) is 0. The summed E-state index contributed by atoms with van der Waals surface area (Å²) >= 11 is 1.29. The number of benzene rings is 3. The van der Waals surface area contributed by atoms with Gasteiger partial charge in [-0.05, 0) is 73.9 Å². The Morgan fingerprint density at radius 1 is 1.00 bits per heavy atom. The molecule has 228 valence electrons. The Bertz CT molecular complexity index is 1970. The third-order valence-corrected chi connectivity index (χ3v) is 10.1. The molecule has 44 heavy (non-hydrogen) atoms. The fourth-order valence-corrected chi connectivity index (χ4v) is 7.20. The lowest BCUT2D eigenvalue weighted by Gasteiger charge is -2.22. The van der Waals surface area contributed by atoms with Gasteiger partial charge in [0.2, 0.25) is 20.6 Å². The number of nitrogens with zero attached hydrogens (tertiary/aromatic N) is 4. The molecule has 0 aliphatic carbocycles. The summed E-state index contributed by atoms with van der Waals surface area (Å²) in [7, 11) is -3.73. The Labute approximate surface area is 260 Å². The van der Waals surface area contributed by atoms with Gasteiger partial charge in [0.15, 0.2) is 0 Å². The van der Waals surface area contributed by atoms with Gasteiger partial charge in [0, 0.05) is 18.7 Å². The van der Waals surface area contributed by atoms with Crippen LogP contribution in [0.25, 0.3) is 21.2 Å². The maximum Gasteiger partial charge on any atom is 0.280 e. The summed E-state index contributed by atoms with van der Waals surface area (Å²) < 4.78 is 34.9. The largest absolute Gasteiger partial charge is 0.463 e. The van der Waals surface area contributed by atoms with Crippen LogP contribution in [0.4, 0.5) is 5.13 Å². The van der Waals surface area contributed by atoms with Gasteiger partial charge in [-0.2, -0.15) is 14.4 Å². The monoisotopic (exact) mass is 630 g/mol. The molecule has 0 aliphatic rings. The van der Waals surface area contributed by atoms with Gasteiger partial charge >= 0.3 is 0 Å². The zero-order chi connectivity index (χ0) is 31.3. The highest BCUT2D eigenvalue weighted by Crippen LogP contribution is 2.31. The van der Waals surface area contributed by atoms with Gasteiger partial charge in [-0.25, -0.2) is 13.4 Å². The summed E-state index contributed by atoms with van der Waals surface area (Å²) in [6.07, 6.45) is 5.89. The molecule has 3 aromatic carbocycles. The minimum atomic E-state index is -3.73. The van der Waals surface area contributed by atoms with Gasteiger partial charge in [0.05, 0.1) is 32.3 Å². The molecule has 0 aliphatic heterocycles. The lowest BCUT2D eigenvalue weighted by molar-refractivity contribution is 0.0987. The molecule has 1 amide bonds. The number of carbonyl (C=O) groups is 1. The van der Waals surface area contributed by atoms with Crippen molar-refractivity contribution < 1.29 is 17.6 Å². The highest BCUT2D eigenvalue weighted by atomic mass is 32.2. The topological polar surface area (TPSA) is 113 Å². The number of thiazole rings is 1. The molecule has 11 heteroatoms. The first-order chi connectivity index (χ1) is 21.2. The number of anilines is 1. The first kappa shape index (κ1) is 31.2. The van der Waals surface area contributed by atoms with Crippen LogP contribution in [-0.2, 0) is 10.0 Å². The van der Waals surface area contributed by atoms with Crippen LogP contribution in [0, 0.1) is 6.92 Å². The minimum Gasteiger partial charge on any atom is -0.463 e. The van der Waals surface area contributed by atoms with E-state index < -0.39 is 15.9 Å². The summed E-state index contributed by atoms with van der Waals surface area (Å²) in [4.78, 5) is 31.7. The third-order valence-electron chi connectivity index (χ3n) is 7.19. The summed E-state index contributed by atoms with van der Waals surface area (Å²) in [6, 6.07) is 18.5. The Kier molecular flexibility index (Phi) is 9.68. The quantitative estimate of drug-likeness (QED) is 0.109. The number of amides is 1. The van der Waals surface area contributed by atoms with Crippen molar-refractivity contribution in [1.82, 2.24) is 9.29 Å². The maximum absolute atomic E-state index is 13.9. The molecular formula is C33H34N4O5S2. The zero-order valence-electron chi connectivity index (χ0n) is 24.9. The molecule has 0 bridgehead atoms. The SMILES string of the molecule is CCCCN(CCCC)S(=O)(=O)c1ccc(C(=O)N(/N=C/c2coc3ccccc3c2=O)c2nc3ccc(C)cc3s2)cc1. The molecule has 0 unspecified atom stereocenters. The molecule has 0 spiro atoms. The number of rotatable bonds is 12. The summed E-state index contributed by atoms with van der Waals surface area (Å²) in [5.74, 6) is -0.528. The second-order valence-electron chi connectivity index (χ2n) is 10.5. The van der Waals surface area contributed by atoms with Gasteiger partial charge in [-0.1, -0.05) is 56.2 Å². The standard InChI is InChI=1S/C33H34N4O5S2/c1-4-6-18-36(19-7-5-2)44(40,41)26-15-13-24(14-16-26)32(39)37(33-35-28-17-12-23(3)20-30(28)43-33)34-21-25-22-42-29-11-9-8-10-27(29)31(25)38/h8-17,20-22H,4-7,18-19H2,1-3H3/b34-21+. The predicted molar refractivity (Wildman–Crippen MR) is 176 cm³/mol. The summed E-state index contributed by atoms with van der Waals surface area (Å²) in [5.41, 5.74) is 2.30. The van der Waals surface area contributed by atoms with Gasteiger partial charge in [0.25, 0.3) is 5.91 Å². The van der Waals surface area contributed by atoms with Crippen molar-refractivity contribution in [2.24, 2.45) is 5.10 Å². The molecule has 5 aromatic rings. The first-order valence-corrected chi connectivity index (χ1v) is 16.8. The van der Waals surface area contributed by atoms with Crippen LogP contribution in [0.5, 0.6) is 0 Å². The Morgan fingerprint density at radius 3 is 2.41 bits per heavy atom. The average Bonchev–Trinajstić information content (AvgIpc) is 3.45. The lowest BCUT2D eigenvalue weighted by Crippen LogP contribution is -2.33. The number of aromatic nitrogens is 1. The minimum absolute atomic E-state index is 0.126. The third kappa shape index (κ3) is 6.64. The van der Waals surface area contributed by atoms with Gasteiger partial charge in [-0.3, -0.25) is 9.59 Å². The fourth-order valence-electron chi connectivity index (χ4n) is 4.66. The van der Waals surface area contributed by atoms with E-state index in [9.17, 15) is 18.0 Å².